The van der Waals surface area contributed by atoms with Gasteiger partial charge in [0.25, 0.3) is 11.7 Å². The van der Waals surface area contributed by atoms with Crippen LogP contribution in [0.4, 0.5) is 35.1 Å². The maximum absolute atomic E-state index is 15.3. The van der Waals surface area contributed by atoms with Gasteiger partial charge in [0.15, 0.2) is 0 Å². The van der Waals surface area contributed by atoms with Gasteiger partial charge in [0.2, 0.25) is 0 Å². The summed E-state index contributed by atoms with van der Waals surface area (Å²) in [5, 5.41) is 0. The number of hydrogen-bond donors (Lipinski definition) is 1. The van der Waals surface area contributed by atoms with Crippen LogP contribution >= 0.6 is 0 Å². The fourth-order valence-corrected chi connectivity index (χ4v) is 2.22. The van der Waals surface area contributed by atoms with Crippen LogP contribution in [-0.2, 0) is 9.47 Å². The molecule has 0 saturated carbocycles. The molecule has 141 valence electrons. The van der Waals surface area contributed by atoms with Gasteiger partial charge in [-0.1, -0.05) is 27.6 Å². The van der Waals surface area contributed by atoms with Crippen LogP contribution in [0.1, 0.15) is 27.7 Å². The van der Waals surface area contributed by atoms with E-state index in [1.54, 1.807) is 0 Å². The van der Waals surface area contributed by atoms with Crippen molar-refractivity contribution in [2.45, 2.75) is 69.8 Å². The lowest BCUT2D eigenvalue weighted by Crippen LogP contribution is -2.70. The zero-order valence-electron chi connectivity index (χ0n) is 13.5. The Bertz CT molecular complexity index is 487. The van der Waals surface area contributed by atoms with Crippen LogP contribution in [0.15, 0.2) is 0 Å². The zero-order chi connectivity index (χ0) is 19.6. The standard InChI is InChI=1S/C12H17BF8NO2/c1-6(2,3)8(14)9(15,7(4,22)13-5)24-10(23-8,11(16,17)18)12(19,20)21/h22H2,1-5H3. The molecule has 3 nitrogen and oxygen atoms in total. The molecular formula is C12H17BF8NO2. The van der Waals surface area contributed by atoms with E-state index in [4.69, 9.17) is 5.73 Å². The topological polar surface area (TPSA) is 44.5 Å². The Balaban J connectivity index is 3.80. The Morgan fingerprint density at radius 1 is 0.792 bits per heavy atom. The van der Waals surface area contributed by atoms with E-state index >= 15 is 8.78 Å². The van der Waals surface area contributed by atoms with Gasteiger partial charge in [-0.3, -0.25) is 9.47 Å². The molecule has 1 aliphatic rings. The van der Waals surface area contributed by atoms with Crippen LogP contribution in [-0.4, -0.2) is 42.6 Å². The highest BCUT2D eigenvalue weighted by Crippen LogP contribution is 2.64. The molecule has 1 saturated heterocycles. The SMILES string of the molecule is C[B]C(C)(N)C1(F)OC(C(F)(F)F)(C(F)(F)F)OC1(F)C(C)(C)C. The molecule has 3 atom stereocenters. The molecule has 1 heterocycles. The van der Waals surface area contributed by atoms with Gasteiger partial charge >= 0.3 is 18.1 Å². The predicted octanol–water partition coefficient (Wildman–Crippen LogP) is 3.66. The van der Waals surface area contributed by atoms with Crippen molar-refractivity contribution in [3.63, 3.8) is 0 Å². The van der Waals surface area contributed by atoms with Gasteiger partial charge in [0.1, 0.15) is 7.28 Å². The fourth-order valence-electron chi connectivity index (χ4n) is 2.22. The third-order valence-corrected chi connectivity index (χ3v) is 3.99. The van der Waals surface area contributed by atoms with Crippen molar-refractivity contribution < 1.29 is 44.6 Å². The van der Waals surface area contributed by atoms with Gasteiger partial charge < -0.3 is 5.73 Å². The molecule has 0 bridgehead atoms. The molecule has 3 unspecified atom stereocenters. The Hall–Kier alpha value is -0.615. The summed E-state index contributed by atoms with van der Waals surface area (Å²) in [5.41, 5.74) is 0.561. The van der Waals surface area contributed by atoms with Gasteiger partial charge in [-0.2, -0.15) is 26.3 Å². The summed E-state index contributed by atoms with van der Waals surface area (Å²) in [6.45, 7) is 4.31. The maximum atomic E-state index is 15.3. The van der Waals surface area contributed by atoms with E-state index in [0.717, 1.165) is 27.6 Å². The summed E-state index contributed by atoms with van der Waals surface area (Å²) in [6.07, 6.45) is -12.6. The molecule has 0 aromatic heterocycles. The van der Waals surface area contributed by atoms with Crippen molar-refractivity contribution in [3.8, 4) is 0 Å². The maximum Gasteiger partial charge on any atom is 0.453 e. The van der Waals surface area contributed by atoms with E-state index in [-0.39, 0.29) is 0 Å². The molecule has 1 fully saturated rings. The van der Waals surface area contributed by atoms with Gasteiger partial charge in [-0.25, -0.2) is 8.78 Å². The lowest BCUT2D eigenvalue weighted by molar-refractivity contribution is -0.461. The number of hydrogen-bond acceptors (Lipinski definition) is 3. The lowest BCUT2D eigenvalue weighted by atomic mass is 9.55. The highest BCUT2D eigenvalue weighted by Gasteiger charge is 2.89. The summed E-state index contributed by atoms with van der Waals surface area (Å²) in [5.74, 6) is -13.9. The molecule has 0 amide bonds. The van der Waals surface area contributed by atoms with Crippen LogP contribution in [0.2, 0.25) is 6.82 Å². The van der Waals surface area contributed by atoms with E-state index < -0.39 is 40.7 Å². The molecule has 12 heteroatoms. The molecule has 2 N–H and O–H groups in total. The minimum absolute atomic E-state index is 0.694. The second-order valence-electron chi connectivity index (χ2n) is 6.83. The Labute approximate surface area is 134 Å². The molecule has 24 heavy (non-hydrogen) atoms. The summed E-state index contributed by atoms with van der Waals surface area (Å²) < 4.78 is 117. The Morgan fingerprint density at radius 3 is 1.38 bits per heavy atom. The molecule has 1 rings (SSSR count). The van der Waals surface area contributed by atoms with E-state index in [2.05, 4.69) is 9.47 Å². The van der Waals surface area contributed by atoms with E-state index in [1.165, 1.54) is 0 Å². The van der Waals surface area contributed by atoms with E-state index in [0.29, 0.717) is 14.2 Å². The smallest absolute Gasteiger partial charge is 0.327 e. The minimum Gasteiger partial charge on any atom is -0.327 e. The predicted molar refractivity (Wildman–Crippen MR) is 68.4 cm³/mol. The van der Waals surface area contributed by atoms with Crippen LogP contribution in [0, 0.1) is 5.41 Å². The van der Waals surface area contributed by atoms with Crippen LogP contribution in [0.25, 0.3) is 0 Å². The monoisotopic (exact) mass is 370 g/mol. The van der Waals surface area contributed by atoms with Crippen molar-refractivity contribution in [2.24, 2.45) is 11.1 Å². The van der Waals surface area contributed by atoms with Crippen LogP contribution in [0.3, 0.4) is 0 Å². The normalized spacial score (nSPS) is 34.1. The summed E-state index contributed by atoms with van der Waals surface area (Å²) in [4.78, 5) is 0. The van der Waals surface area contributed by atoms with Crippen molar-refractivity contribution in [1.82, 2.24) is 0 Å². The molecule has 0 aromatic rings. The van der Waals surface area contributed by atoms with Gasteiger partial charge in [0.05, 0.1) is 0 Å². The molecular weight excluding hydrogens is 353 g/mol. The summed E-state index contributed by atoms with van der Waals surface area (Å²) >= 11 is 0. The van der Waals surface area contributed by atoms with Gasteiger partial charge in [-0.15, -0.1) is 0 Å². The number of ether oxygens (including phenoxy) is 2. The lowest BCUT2D eigenvalue weighted by Gasteiger charge is -2.46. The Kier molecular flexibility index (Phi) is 4.64. The molecule has 0 aromatic carbocycles. The Morgan fingerprint density at radius 2 is 1.12 bits per heavy atom. The van der Waals surface area contributed by atoms with Crippen molar-refractivity contribution in [2.75, 3.05) is 0 Å². The number of nitrogens with two attached hydrogens (primary N) is 1. The second-order valence-corrected chi connectivity index (χ2v) is 6.83. The second kappa shape index (κ2) is 5.20. The van der Waals surface area contributed by atoms with Crippen LogP contribution < -0.4 is 5.73 Å². The number of alkyl halides is 8. The quantitative estimate of drug-likeness (QED) is 0.596. The average molecular weight is 370 g/mol. The zero-order valence-corrected chi connectivity index (χ0v) is 13.5. The van der Waals surface area contributed by atoms with Crippen LogP contribution in [0.5, 0.6) is 0 Å². The highest BCUT2D eigenvalue weighted by atomic mass is 19.4. The number of rotatable bonds is 2. The average Bonchev–Trinajstić information content (AvgIpc) is 2.60. The largest absolute Gasteiger partial charge is 0.453 e. The van der Waals surface area contributed by atoms with Gasteiger partial charge in [-0.05, 0) is 6.92 Å². The van der Waals surface area contributed by atoms with E-state index in [9.17, 15) is 26.3 Å². The van der Waals surface area contributed by atoms with Crippen molar-refractivity contribution in [3.05, 3.63) is 0 Å². The van der Waals surface area contributed by atoms with Gasteiger partial charge in [0, 0.05) is 10.9 Å². The fraction of sp³-hybridized carbons (Fsp3) is 1.00. The summed E-state index contributed by atoms with van der Waals surface area (Å²) in [6, 6.07) is 0. The van der Waals surface area contributed by atoms with Crippen molar-refractivity contribution >= 4 is 7.28 Å². The summed E-state index contributed by atoms with van der Waals surface area (Å²) in [7, 11) is 0.694. The first-order chi connectivity index (χ1) is 10.2. The molecule has 0 aliphatic carbocycles. The first-order valence-electron chi connectivity index (χ1n) is 6.73. The van der Waals surface area contributed by atoms with Crippen molar-refractivity contribution in [1.29, 1.82) is 0 Å². The highest BCUT2D eigenvalue weighted by molar-refractivity contribution is 6.38. The molecule has 1 radical (unpaired) electrons. The number of halogens is 8. The third kappa shape index (κ3) is 2.52. The molecule has 1 aliphatic heterocycles. The first kappa shape index (κ1) is 21.4. The van der Waals surface area contributed by atoms with E-state index in [1.807, 2.05) is 0 Å². The molecule has 0 spiro atoms. The minimum atomic E-state index is -6.31. The first-order valence-corrected chi connectivity index (χ1v) is 6.73. The third-order valence-electron chi connectivity index (χ3n) is 3.99.